The molecule has 0 bridgehead atoms. The summed E-state index contributed by atoms with van der Waals surface area (Å²) < 4.78 is 0. The van der Waals surface area contributed by atoms with Gasteiger partial charge < -0.3 is 0 Å². The van der Waals surface area contributed by atoms with Crippen LogP contribution in [0.3, 0.4) is 0 Å². The van der Waals surface area contributed by atoms with Crippen LogP contribution in [0.15, 0.2) is 36.8 Å². The van der Waals surface area contributed by atoms with E-state index in [1.165, 1.54) is 0 Å². The van der Waals surface area contributed by atoms with E-state index < -0.39 is 0 Å². The standard InChI is InChI=1S/C19H20N10.Cu/c1-19(2,3)18-14(11-5-8-21-24-11)17(28-29-18)16-13(10-4-7-20-23-10)15(26-27-16)12-6-9-22-25-12;/h4-9H,1-3H3,(H,20,23)(H,21,24)(H,22,25)(H,26,27)(H,28,29);. The molecule has 5 rings (SSSR count). The molecule has 157 valence electrons. The number of nitrogens with one attached hydrogen (secondary N) is 5. The van der Waals surface area contributed by atoms with Gasteiger partial charge in [-0.1, -0.05) is 20.8 Å². The summed E-state index contributed by atoms with van der Waals surface area (Å²) in [5.74, 6) is 0. The molecule has 0 saturated heterocycles. The first-order valence-electron chi connectivity index (χ1n) is 9.21. The van der Waals surface area contributed by atoms with E-state index in [9.17, 15) is 0 Å². The maximum atomic E-state index is 4.67. The summed E-state index contributed by atoms with van der Waals surface area (Å²) in [6, 6.07) is 5.72. The monoisotopic (exact) mass is 451 g/mol. The molecule has 0 aliphatic rings. The second-order valence-corrected chi connectivity index (χ2v) is 7.81. The minimum Gasteiger partial charge on any atom is -0.281 e. The topological polar surface area (TPSA) is 143 Å². The third-order valence-corrected chi connectivity index (χ3v) is 4.82. The zero-order valence-corrected chi connectivity index (χ0v) is 17.4. The van der Waals surface area contributed by atoms with E-state index in [1.807, 2.05) is 18.2 Å². The van der Waals surface area contributed by atoms with Crippen molar-refractivity contribution in [2.45, 2.75) is 26.2 Å². The van der Waals surface area contributed by atoms with E-state index in [0.29, 0.717) is 0 Å². The number of aromatic amines is 5. The van der Waals surface area contributed by atoms with Gasteiger partial charge in [0.15, 0.2) is 0 Å². The fourth-order valence-corrected chi connectivity index (χ4v) is 3.48. The van der Waals surface area contributed by atoms with Crippen molar-refractivity contribution in [1.82, 2.24) is 51.0 Å². The molecule has 5 aromatic rings. The van der Waals surface area contributed by atoms with Gasteiger partial charge in [0.2, 0.25) is 0 Å². The molecule has 5 N–H and O–H groups in total. The minimum absolute atomic E-state index is 0. The molecular weight excluding hydrogens is 432 g/mol. The van der Waals surface area contributed by atoms with Crippen LogP contribution in [0.5, 0.6) is 0 Å². The Morgan fingerprint density at radius 2 is 1.17 bits per heavy atom. The second kappa shape index (κ2) is 7.43. The predicted molar refractivity (Wildman–Crippen MR) is 108 cm³/mol. The van der Waals surface area contributed by atoms with Gasteiger partial charge in [-0.3, -0.25) is 25.5 Å². The van der Waals surface area contributed by atoms with E-state index >= 15 is 0 Å². The van der Waals surface area contributed by atoms with Gasteiger partial charge in [0.05, 0.1) is 39.6 Å². The molecule has 10 nitrogen and oxygen atoms in total. The van der Waals surface area contributed by atoms with Gasteiger partial charge in [0.25, 0.3) is 0 Å². The first-order chi connectivity index (χ1) is 14.0. The Balaban J connectivity index is 0.00000218. The average molecular weight is 452 g/mol. The Morgan fingerprint density at radius 3 is 1.70 bits per heavy atom. The van der Waals surface area contributed by atoms with E-state index in [0.717, 1.165) is 51.0 Å². The zero-order valence-electron chi connectivity index (χ0n) is 16.5. The van der Waals surface area contributed by atoms with Crippen LogP contribution in [-0.4, -0.2) is 51.0 Å². The minimum atomic E-state index is -0.147. The van der Waals surface area contributed by atoms with Gasteiger partial charge in [0.1, 0.15) is 11.4 Å². The Bertz CT molecular complexity index is 1220. The number of aromatic nitrogens is 10. The summed E-state index contributed by atoms with van der Waals surface area (Å²) in [6.45, 7) is 6.43. The van der Waals surface area contributed by atoms with Crippen LogP contribution in [0.25, 0.3) is 45.3 Å². The molecule has 11 heteroatoms. The maximum absolute atomic E-state index is 4.67. The van der Waals surface area contributed by atoms with Gasteiger partial charge >= 0.3 is 0 Å². The first kappa shape index (κ1) is 19.9. The smallest absolute Gasteiger partial charge is 0.120 e. The number of nitrogens with zero attached hydrogens (tertiary/aromatic N) is 5. The first-order valence-corrected chi connectivity index (χ1v) is 9.21. The SMILES string of the molecule is CC(C)(C)c1[nH]nc(-c2[nH]nc(-c3ccn[nH]3)c2-c2ccn[nH]2)c1-c1ccn[nH]1.[Cu]. The third kappa shape index (κ3) is 3.17. The van der Waals surface area contributed by atoms with E-state index in [4.69, 9.17) is 0 Å². The number of hydrogen-bond acceptors (Lipinski definition) is 5. The average Bonchev–Trinajstić information content (AvgIpc) is 3.52. The van der Waals surface area contributed by atoms with Gasteiger partial charge in [-0.25, -0.2) is 0 Å². The zero-order chi connectivity index (χ0) is 20.0. The van der Waals surface area contributed by atoms with Crippen LogP contribution in [-0.2, 0) is 22.5 Å². The van der Waals surface area contributed by atoms with Crippen molar-refractivity contribution >= 4 is 0 Å². The summed E-state index contributed by atoms with van der Waals surface area (Å²) >= 11 is 0. The third-order valence-electron chi connectivity index (χ3n) is 4.82. The molecule has 0 fully saturated rings. The number of hydrogen-bond donors (Lipinski definition) is 5. The van der Waals surface area contributed by atoms with Crippen LogP contribution in [0, 0.1) is 0 Å². The predicted octanol–water partition coefficient (Wildman–Crippen LogP) is 3.27. The summed E-state index contributed by atoms with van der Waals surface area (Å²) in [7, 11) is 0. The van der Waals surface area contributed by atoms with Crippen LogP contribution in [0.4, 0.5) is 0 Å². The Morgan fingerprint density at radius 1 is 0.633 bits per heavy atom. The molecule has 0 aliphatic carbocycles. The Labute approximate surface area is 182 Å². The molecule has 0 aromatic carbocycles. The van der Waals surface area contributed by atoms with Gasteiger partial charge in [-0.15, -0.1) is 0 Å². The van der Waals surface area contributed by atoms with Crippen molar-refractivity contribution in [1.29, 1.82) is 0 Å². The summed E-state index contributed by atoms with van der Waals surface area (Å²) in [5, 5.41) is 37.0. The Kier molecular flexibility index (Phi) is 4.92. The molecule has 0 atom stereocenters. The van der Waals surface area contributed by atoms with Crippen LogP contribution in [0.2, 0.25) is 0 Å². The quantitative estimate of drug-likeness (QED) is 0.266. The molecule has 30 heavy (non-hydrogen) atoms. The molecule has 1 radical (unpaired) electrons. The molecule has 5 heterocycles. The Hall–Kier alpha value is -3.43. The summed E-state index contributed by atoms with van der Waals surface area (Å²) in [4.78, 5) is 0. The van der Waals surface area contributed by atoms with E-state index in [-0.39, 0.29) is 22.5 Å². The molecule has 0 amide bonds. The van der Waals surface area contributed by atoms with Crippen molar-refractivity contribution < 1.29 is 17.1 Å². The molecule has 0 spiro atoms. The molecule has 5 aromatic heterocycles. The summed E-state index contributed by atoms with van der Waals surface area (Å²) in [6.07, 6.45) is 5.14. The maximum Gasteiger partial charge on any atom is 0.120 e. The molecule has 0 saturated carbocycles. The normalized spacial score (nSPS) is 11.6. The van der Waals surface area contributed by atoms with E-state index in [2.05, 4.69) is 71.8 Å². The van der Waals surface area contributed by atoms with Crippen LogP contribution < -0.4 is 0 Å². The van der Waals surface area contributed by atoms with Crippen molar-refractivity contribution in [3.8, 4) is 45.3 Å². The largest absolute Gasteiger partial charge is 0.281 e. The van der Waals surface area contributed by atoms with Gasteiger partial charge in [-0.2, -0.15) is 25.5 Å². The molecule has 0 unspecified atom stereocenters. The molecular formula is C19H20CuN10. The number of rotatable bonds is 4. The van der Waals surface area contributed by atoms with Crippen molar-refractivity contribution in [3.05, 3.63) is 42.5 Å². The van der Waals surface area contributed by atoms with Crippen molar-refractivity contribution in [2.75, 3.05) is 0 Å². The van der Waals surface area contributed by atoms with Crippen LogP contribution >= 0.6 is 0 Å². The summed E-state index contributed by atoms with van der Waals surface area (Å²) in [5.41, 5.74) is 7.44. The van der Waals surface area contributed by atoms with E-state index in [1.54, 1.807) is 18.6 Å². The van der Waals surface area contributed by atoms with Crippen molar-refractivity contribution in [2.24, 2.45) is 0 Å². The second-order valence-electron chi connectivity index (χ2n) is 7.81. The van der Waals surface area contributed by atoms with Gasteiger partial charge in [0, 0.05) is 41.1 Å². The van der Waals surface area contributed by atoms with Crippen LogP contribution in [0.1, 0.15) is 26.5 Å². The number of H-pyrrole nitrogens is 5. The fraction of sp³-hybridized carbons (Fsp3) is 0.211. The van der Waals surface area contributed by atoms with Gasteiger partial charge in [-0.05, 0) is 18.2 Å². The molecule has 0 aliphatic heterocycles. The van der Waals surface area contributed by atoms with Crippen molar-refractivity contribution in [3.63, 3.8) is 0 Å². The fourth-order valence-electron chi connectivity index (χ4n) is 3.48.